The second kappa shape index (κ2) is 6.36. The van der Waals surface area contributed by atoms with Crippen LogP contribution >= 0.6 is 0 Å². The van der Waals surface area contributed by atoms with Crippen molar-refractivity contribution in [1.82, 2.24) is 14.3 Å². The van der Waals surface area contributed by atoms with Gasteiger partial charge in [0, 0.05) is 23.4 Å². The van der Waals surface area contributed by atoms with Crippen LogP contribution in [0.2, 0.25) is 0 Å². The molecule has 0 spiro atoms. The average molecular weight is 366 g/mol. The number of hydrogen-bond donors (Lipinski definition) is 0. The van der Waals surface area contributed by atoms with Gasteiger partial charge in [-0.1, -0.05) is 5.16 Å². The molecule has 2 aromatic heterocycles. The highest BCUT2D eigenvalue weighted by atomic mass is 19.1. The summed E-state index contributed by atoms with van der Waals surface area (Å²) in [6.45, 7) is 2.15. The van der Waals surface area contributed by atoms with Crippen LogP contribution in [-0.2, 0) is 19.5 Å². The van der Waals surface area contributed by atoms with Gasteiger partial charge in [-0.05, 0) is 44.0 Å². The molecule has 27 heavy (non-hydrogen) atoms. The molecule has 4 rings (SSSR count). The molecular weight excluding hydrogens is 351 g/mol. The molecule has 0 saturated heterocycles. The predicted molar refractivity (Wildman–Crippen MR) is 93.7 cm³/mol. The van der Waals surface area contributed by atoms with Crippen LogP contribution in [0.4, 0.5) is 4.39 Å². The van der Waals surface area contributed by atoms with E-state index in [1.807, 2.05) is 6.07 Å². The molecule has 0 amide bonds. The van der Waals surface area contributed by atoms with Gasteiger partial charge in [0.2, 0.25) is 0 Å². The van der Waals surface area contributed by atoms with Crippen LogP contribution in [0.1, 0.15) is 28.9 Å². The maximum Gasteiger partial charge on any atom is 0.331 e. The molecule has 1 aliphatic heterocycles. The van der Waals surface area contributed by atoms with E-state index in [1.54, 1.807) is 19.1 Å². The number of fused-ring (bicyclic) bond motifs is 1. The second-order valence-electron chi connectivity index (χ2n) is 6.45. The maximum absolute atomic E-state index is 13.1. The van der Waals surface area contributed by atoms with Crippen molar-refractivity contribution in [3.05, 3.63) is 73.4 Å². The Kier molecular flexibility index (Phi) is 4.00. The van der Waals surface area contributed by atoms with Crippen molar-refractivity contribution in [3.63, 3.8) is 0 Å². The number of halogens is 1. The lowest BCUT2D eigenvalue weighted by molar-refractivity contribution is 0.419. The topological polar surface area (TPSA) is 93.8 Å². The first-order valence-electron chi connectivity index (χ1n) is 8.49. The Morgan fingerprint density at radius 1 is 1.30 bits per heavy atom. The summed E-state index contributed by atoms with van der Waals surface area (Å²) in [7, 11) is 0. The van der Waals surface area contributed by atoms with E-state index in [2.05, 4.69) is 5.16 Å². The van der Waals surface area contributed by atoms with Gasteiger partial charge in [-0.15, -0.1) is 0 Å². The zero-order valence-corrected chi connectivity index (χ0v) is 14.5. The van der Waals surface area contributed by atoms with Gasteiger partial charge in [0.25, 0.3) is 5.56 Å². The lowest BCUT2D eigenvalue weighted by Crippen LogP contribution is -2.42. The Morgan fingerprint density at radius 3 is 2.74 bits per heavy atom. The molecule has 0 radical (unpaired) electrons. The average Bonchev–Trinajstić information content (AvgIpc) is 3.28. The summed E-state index contributed by atoms with van der Waals surface area (Å²) < 4.78 is 21.0. The molecule has 1 aromatic carbocycles. The molecule has 0 atom stereocenters. The van der Waals surface area contributed by atoms with Crippen molar-refractivity contribution >= 4 is 0 Å². The second-order valence-corrected chi connectivity index (χ2v) is 6.45. The van der Waals surface area contributed by atoms with Gasteiger partial charge in [-0.25, -0.2) is 9.18 Å². The van der Waals surface area contributed by atoms with E-state index < -0.39 is 11.2 Å². The Hall–Kier alpha value is -3.47. The smallest absolute Gasteiger partial charge is 0.331 e. The molecule has 0 unspecified atom stereocenters. The van der Waals surface area contributed by atoms with Crippen LogP contribution in [-0.4, -0.2) is 14.3 Å². The van der Waals surface area contributed by atoms with Crippen LogP contribution in [0.3, 0.4) is 0 Å². The molecular formula is C19H15FN4O3. The van der Waals surface area contributed by atoms with Crippen molar-refractivity contribution in [2.24, 2.45) is 0 Å². The number of aromatic nitrogens is 3. The molecule has 3 aromatic rings. The van der Waals surface area contributed by atoms with Crippen molar-refractivity contribution in [2.75, 3.05) is 0 Å². The molecule has 0 N–H and O–H groups in total. The Balaban J connectivity index is 1.79. The first-order chi connectivity index (χ1) is 13.0. The zero-order chi connectivity index (χ0) is 19.1. The fourth-order valence-electron chi connectivity index (χ4n) is 3.42. The van der Waals surface area contributed by atoms with Gasteiger partial charge in [0.15, 0.2) is 5.76 Å². The highest BCUT2D eigenvalue weighted by molar-refractivity contribution is 5.61. The first-order valence-corrected chi connectivity index (χ1v) is 8.49. The summed E-state index contributed by atoms with van der Waals surface area (Å²) >= 11 is 0. The molecule has 0 saturated carbocycles. The van der Waals surface area contributed by atoms with E-state index in [0.717, 1.165) is 11.0 Å². The van der Waals surface area contributed by atoms with Gasteiger partial charge in [-0.2, -0.15) is 5.26 Å². The number of hydrogen-bond acceptors (Lipinski definition) is 5. The molecule has 1 aliphatic rings. The standard InChI is InChI=1S/C19H15FN4O3/c1-11-15(22-27-17(11)12-4-6-13(20)7-5-12)10-24-18(25)14(9-21)16-3-2-8-23(16)19(24)26/h4-7H,2-3,8,10H2,1H3. The van der Waals surface area contributed by atoms with Gasteiger partial charge in [0.05, 0.1) is 6.54 Å². The normalized spacial score (nSPS) is 12.8. The lowest BCUT2D eigenvalue weighted by Gasteiger charge is -2.10. The number of nitriles is 1. The van der Waals surface area contributed by atoms with Gasteiger partial charge in [0.1, 0.15) is 23.1 Å². The zero-order valence-electron chi connectivity index (χ0n) is 14.5. The summed E-state index contributed by atoms with van der Waals surface area (Å²) in [6, 6.07) is 7.69. The summed E-state index contributed by atoms with van der Waals surface area (Å²) in [4.78, 5) is 25.3. The SMILES string of the molecule is Cc1c(Cn2c(=O)c(C#N)c3n(c2=O)CCC3)noc1-c1ccc(F)cc1. The third-order valence-electron chi connectivity index (χ3n) is 4.88. The van der Waals surface area contributed by atoms with Crippen molar-refractivity contribution in [1.29, 1.82) is 5.26 Å². The van der Waals surface area contributed by atoms with E-state index in [-0.39, 0.29) is 17.9 Å². The number of rotatable bonds is 3. The summed E-state index contributed by atoms with van der Waals surface area (Å²) in [5.74, 6) is 0.0812. The third kappa shape index (κ3) is 2.68. The number of benzene rings is 1. The van der Waals surface area contributed by atoms with E-state index in [1.165, 1.54) is 16.7 Å². The largest absolute Gasteiger partial charge is 0.356 e. The van der Waals surface area contributed by atoms with E-state index >= 15 is 0 Å². The molecule has 7 nitrogen and oxygen atoms in total. The summed E-state index contributed by atoms with van der Waals surface area (Å²) in [6.07, 6.45) is 1.27. The summed E-state index contributed by atoms with van der Waals surface area (Å²) in [5.41, 5.74) is 1.16. The highest BCUT2D eigenvalue weighted by Crippen LogP contribution is 2.26. The minimum atomic E-state index is -0.610. The number of nitrogens with zero attached hydrogens (tertiary/aromatic N) is 4. The molecule has 0 aliphatic carbocycles. The Morgan fingerprint density at radius 2 is 2.04 bits per heavy atom. The van der Waals surface area contributed by atoms with Gasteiger partial charge >= 0.3 is 5.69 Å². The minimum absolute atomic E-state index is 0.00649. The fourth-order valence-corrected chi connectivity index (χ4v) is 3.42. The molecule has 136 valence electrons. The minimum Gasteiger partial charge on any atom is -0.356 e. The van der Waals surface area contributed by atoms with Crippen LogP contribution in [0.15, 0.2) is 38.4 Å². The van der Waals surface area contributed by atoms with Crippen LogP contribution in [0.25, 0.3) is 11.3 Å². The third-order valence-corrected chi connectivity index (χ3v) is 4.88. The molecule has 0 fully saturated rings. The fraction of sp³-hybridized carbons (Fsp3) is 0.263. The predicted octanol–water partition coefficient (Wildman–Crippen LogP) is 1.98. The lowest BCUT2D eigenvalue weighted by atomic mass is 10.1. The van der Waals surface area contributed by atoms with Crippen LogP contribution in [0.5, 0.6) is 0 Å². The Labute approximate surface area is 152 Å². The van der Waals surface area contributed by atoms with Crippen LogP contribution in [0, 0.1) is 24.1 Å². The molecule has 8 heteroatoms. The van der Waals surface area contributed by atoms with Crippen LogP contribution < -0.4 is 11.2 Å². The van der Waals surface area contributed by atoms with Crippen molar-refractivity contribution < 1.29 is 8.91 Å². The monoisotopic (exact) mass is 366 g/mol. The van der Waals surface area contributed by atoms with E-state index in [0.29, 0.717) is 41.2 Å². The van der Waals surface area contributed by atoms with Crippen molar-refractivity contribution in [3.8, 4) is 17.4 Å². The molecule has 0 bridgehead atoms. The highest BCUT2D eigenvalue weighted by Gasteiger charge is 2.24. The maximum atomic E-state index is 13.1. The molecule has 3 heterocycles. The van der Waals surface area contributed by atoms with Gasteiger partial charge < -0.3 is 4.52 Å². The summed E-state index contributed by atoms with van der Waals surface area (Å²) in [5, 5.41) is 13.3. The van der Waals surface area contributed by atoms with Crippen molar-refractivity contribution in [2.45, 2.75) is 32.9 Å². The van der Waals surface area contributed by atoms with E-state index in [9.17, 15) is 19.2 Å². The van der Waals surface area contributed by atoms with E-state index in [4.69, 9.17) is 4.52 Å². The first kappa shape index (κ1) is 17.0. The van der Waals surface area contributed by atoms with Gasteiger partial charge in [-0.3, -0.25) is 13.9 Å². The Bertz CT molecular complexity index is 1200. The quantitative estimate of drug-likeness (QED) is 0.706.